The molecule has 0 aliphatic rings. The summed E-state index contributed by atoms with van der Waals surface area (Å²) in [5.74, 6) is 1.24. The molecule has 0 bridgehead atoms. The van der Waals surface area contributed by atoms with E-state index in [4.69, 9.17) is 0 Å². The summed E-state index contributed by atoms with van der Waals surface area (Å²) >= 11 is 1.74. The maximum Gasteiger partial charge on any atom is -0.0306 e. The summed E-state index contributed by atoms with van der Waals surface area (Å²) in [6, 6.07) is 18.4. The van der Waals surface area contributed by atoms with Crippen LogP contribution < -0.4 is 0 Å². The van der Waals surface area contributed by atoms with E-state index < -0.39 is 0 Å². The Kier molecular flexibility index (Phi) is 9.92. The van der Waals surface area contributed by atoms with E-state index in [1.54, 1.807) is 23.3 Å². The molecule has 4 aromatic rings. The molecule has 0 N–H and O–H groups in total. The first-order valence-corrected chi connectivity index (χ1v) is 17.9. The van der Waals surface area contributed by atoms with Crippen molar-refractivity contribution in [2.24, 2.45) is 0 Å². The molecule has 4 rings (SSSR count). The van der Waals surface area contributed by atoms with Gasteiger partial charge in [0.2, 0.25) is 0 Å². The molecule has 32 heavy (non-hydrogen) atoms. The maximum atomic E-state index is 2.32. The number of aryl methyl sites for hydroxylation is 4. The molecule has 0 atom stereocenters. The van der Waals surface area contributed by atoms with Gasteiger partial charge in [-0.2, -0.15) is 12.1 Å². The van der Waals surface area contributed by atoms with Crippen molar-refractivity contribution < 1.29 is 23.3 Å². The van der Waals surface area contributed by atoms with Crippen molar-refractivity contribution in [3.63, 3.8) is 0 Å². The van der Waals surface area contributed by atoms with Gasteiger partial charge in [0.05, 0.1) is 0 Å². The molecule has 0 fully saturated rings. The van der Waals surface area contributed by atoms with E-state index in [1.807, 2.05) is 0 Å². The average Bonchev–Trinajstić information content (AvgIpc) is 3.23. The van der Waals surface area contributed by atoms with Crippen LogP contribution in [0.15, 0.2) is 48.5 Å². The Hall–Kier alpha value is -1.24. The van der Waals surface area contributed by atoms with Crippen LogP contribution in [-0.4, -0.2) is 5.43 Å². The molecule has 168 valence electrons. The van der Waals surface area contributed by atoms with Gasteiger partial charge in [-0.1, -0.05) is 75.9 Å². The van der Waals surface area contributed by atoms with E-state index in [1.165, 1.54) is 54.9 Å². The Balaban J connectivity index is 0.000000195. The Morgan fingerprint density at radius 1 is 0.625 bits per heavy atom. The fraction of sp³-hybridized carbons (Fsp3) is 0.400. The van der Waals surface area contributed by atoms with Crippen LogP contribution in [0.5, 0.6) is 0 Å². The SMILES string of the molecule is C[Si](C)=[Zr+2].Cc1cc2c(C)cc(C(C)C)cc2[cH-]1.Cc1cc2c(C)cc(C(C)C)cc2[cH-]1. The average molecular weight is 520 g/mol. The predicted octanol–water partition coefficient (Wildman–Crippen LogP) is 9.38. The van der Waals surface area contributed by atoms with Crippen molar-refractivity contribution in [1.82, 2.24) is 0 Å². The normalized spacial score (nSPS) is 10.9. The van der Waals surface area contributed by atoms with Gasteiger partial charge in [-0.25, -0.2) is 0 Å². The van der Waals surface area contributed by atoms with Gasteiger partial charge in [-0.05, 0) is 25.7 Å². The van der Waals surface area contributed by atoms with Crippen molar-refractivity contribution in [3.05, 3.63) is 81.9 Å². The third kappa shape index (κ3) is 7.39. The van der Waals surface area contributed by atoms with Crippen LogP contribution in [0, 0.1) is 27.7 Å². The summed E-state index contributed by atoms with van der Waals surface area (Å²) in [6.45, 7) is 22.3. The maximum absolute atomic E-state index is 2.32. The van der Waals surface area contributed by atoms with Gasteiger partial charge in [0.15, 0.2) is 0 Å². The number of hydrogen-bond acceptors (Lipinski definition) is 0. The minimum absolute atomic E-state index is 0.210. The summed E-state index contributed by atoms with van der Waals surface area (Å²) in [5.41, 5.74) is 8.63. The van der Waals surface area contributed by atoms with Gasteiger partial charge in [0.25, 0.3) is 0 Å². The second-order valence-corrected chi connectivity index (χ2v) is 19.4. The molecular weight excluding hydrogens is 480 g/mol. The topological polar surface area (TPSA) is 0 Å². The van der Waals surface area contributed by atoms with Crippen LogP contribution in [0.25, 0.3) is 21.5 Å². The second kappa shape index (κ2) is 11.8. The van der Waals surface area contributed by atoms with Gasteiger partial charge in [-0.15, -0.1) is 56.9 Å². The molecule has 0 unspecified atom stereocenters. The minimum atomic E-state index is 0.210. The standard InChI is InChI=1S/2C14H17.C2H6Si.Zr/c2*1-9(2)12-7-11(4)14-6-10(3)5-13(14)8-12;1-3-2;/h2*5-9H,1-4H3;1-2H3;/q2*-1;;+2. The van der Waals surface area contributed by atoms with Crippen molar-refractivity contribution in [3.8, 4) is 0 Å². The molecule has 4 aromatic carbocycles. The first kappa shape index (κ1) is 27.0. The quantitative estimate of drug-likeness (QED) is 0.183. The van der Waals surface area contributed by atoms with Crippen LogP contribution in [0.1, 0.15) is 72.9 Å². The molecule has 0 saturated heterocycles. The summed E-state index contributed by atoms with van der Waals surface area (Å²) in [7, 11) is 0. The number of rotatable bonds is 2. The fourth-order valence-electron chi connectivity index (χ4n) is 4.04. The molecule has 2 heteroatoms. The van der Waals surface area contributed by atoms with Crippen LogP contribution in [0.3, 0.4) is 0 Å². The van der Waals surface area contributed by atoms with Crippen LogP contribution >= 0.6 is 0 Å². The summed E-state index contributed by atoms with van der Waals surface area (Å²) in [6.07, 6.45) is 0. The zero-order valence-electron chi connectivity index (χ0n) is 21.8. The first-order chi connectivity index (χ1) is 14.9. The summed E-state index contributed by atoms with van der Waals surface area (Å²) in [4.78, 5) is 0. The molecule has 0 amide bonds. The van der Waals surface area contributed by atoms with E-state index in [-0.39, 0.29) is 5.43 Å². The smallest absolute Gasteiger partial charge is 0.0306 e. The van der Waals surface area contributed by atoms with Crippen molar-refractivity contribution in [2.75, 3.05) is 0 Å². The first-order valence-electron chi connectivity index (χ1n) is 11.8. The van der Waals surface area contributed by atoms with E-state index in [0.717, 1.165) is 0 Å². The molecule has 0 spiro atoms. The molecule has 0 heterocycles. The van der Waals surface area contributed by atoms with Gasteiger partial charge < -0.3 is 0 Å². The fourth-order valence-corrected chi connectivity index (χ4v) is 4.04. The number of fused-ring (bicyclic) bond motifs is 2. The van der Waals surface area contributed by atoms with Gasteiger partial charge in [0.1, 0.15) is 0 Å². The zero-order valence-corrected chi connectivity index (χ0v) is 25.2. The number of benzene rings is 2. The minimum Gasteiger partial charge on any atom is -0.165 e. The van der Waals surface area contributed by atoms with E-state index in [0.29, 0.717) is 11.8 Å². The largest absolute Gasteiger partial charge is 0.165 e. The summed E-state index contributed by atoms with van der Waals surface area (Å²) in [5, 5.41) is 5.61. The third-order valence-electron chi connectivity index (χ3n) is 5.73. The Morgan fingerprint density at radius 3 is 1.22 bits per heavy atom. The van der Waals surface area contributed by atoms with Crippen molar-refractivity contribution in [2.45, 2.75) is 80.3 Å². The van der Waals surface area contributed by atoms with Gasteiger partial charge in [-0.3, -0.25) is 0 Å². The zero-order chi connectivity index (χ0) is 24.2. The van der Waals surface area contributed by atoms with Gasteiger partial charge >= 0.3 is 41.9 Å². The molecular formula is C30H40SiZr. The van der Waals surface area contributed by atoms with Crippen LogP contribution in [0.2, 0.25) is 13.1 Å². The Bertz CT molecular complexity index is 1110. The molecule has 0 aromatic heterocycles. The monoisotopic (exact) mass is 518 g/mol. The third-order valence-corrected chi connectivity index (χ3v) is 5.73. The van der Waals surface area contributed by atoms with Crippen molar-refractivity contribution in [1.29, 1.82) is 0 Å². The van der Waals surface area contributed by atoms with Crippen LogP contribution in [0.4, 0.5) is 0 Å². The van der Waals surface area contributed by atoms with E-state index in [9.17, 15) is 0 Å². The second-order valence-electron chi connectivity index (χ2n) is 10.1. The molecule has 0 aliphatic heterocycles. The molecule has 0 saturated carbocycles. The van der Waals surface area contributed by atoms with Crippen LogP contribution in [-0.2, 0) is 23.3 Å². The molecule has 0 aliphatic carbocycles. The predicted molar refractivity (Wildman–Crippen MR) is 144 cm³/mol. The Morgan fingerprint density at radius 2 is 0.938 bits per heavy atom. The number of hydrogen-bond donors (Lipinski definition) is 0. The van der Waals surface area contributed by atoms with E-state index in [2.05, 4.69) is 117 Å². The Labute approximate surface area is 211 Å². The molecule has 0 radical (unpaired) electrons. The van der Waals surface area contributed by atoms with Gasteiger partial charge in [0, 0.05) is 0 Å². The summed E-state index contributed by atoms with van der Waals surface area (Å²) < 4.78 is 0. The molecule has 0 nitrogen and oxygen atoms in total. The van der Waals surface area contributed by atoms with Crippen molar-refractivity contribution >= 4 is 27.0 Å². The van der Waals surface area contributed by atoms with E-state index >= 15 is 0 Å².